The third-order valence-corrected chi connectivity index (χ3v) is 6.38. The van der Waals surface area contributed by atoms with Crippen molar-refractivity contribution in [2.45, 2.75) is 44.7 Å². The van der Waals surface area contributed by atoms with E-state index in [-0.39, 0.29) is 18.6 Å². The summed E-state index contributed by atoms with van der Waals surface area (Å²) in [5.74, 6) is -1.85. The molecule has 0 fully saturated rings. The van der Waals surface area contributed by atoms with Crippen LogP contribution in [-0.4, -0.2) is 27.7 Å². The first-order chi connectivity index (χ1) is 14.3. The summed E-state index contributed by atoms with van der Waals surface area (Å²) in [4.78, 5) is 33.3. The maximum absolute atomic E-state index is 12.8. The van der Waals surface area contributed by atoms with Crippen LogP contribution in [0.3, 0.4) is 0 Å². The molecule has 0 N–H and O–H groups in total. The highest BCUT2D eigenvalue weighted by molar-refractivity contribution is 7.20. The number of thiazole rings is 2. The molecule has 0 saturated heterocycles. The van der Waals surface area contributed by atoms with Gasteiger partial charge in [-0.05, 0) is 18.4 Å². The number of Topliss-reactive ketones (excluding diaryl/α,β-unsaturated/α-hetero) is 2. The molecular formula is C21H19F3N2O2S2. The number of nitrogens with zero attached hydrogens (tertiary/aromatic N) is 2. The van der Waals surface area contributed by atoms with Gasteiger partial charge in [0.1, 0.15) is 5.69 Å². The molecular weight excluding hydrogens is 433 g/mol. The van der Waals surface area contributed by atoms with Crippen molar-refractivity contribution >= 4 is 34.2 Å². The molecule has 0 bridgehead atoms. The van der Waals surface area contributed by atoms with Gasteiger partial charge in [0, 0.05) is 35.7 Å². The fourth-order valence-electron chi connectivity index (χ4n) is 2.90. The number of benzene rings is 1. The Morgan fingerprint density at radius 1 is 0.967 bits per heavy atom. The van der Waals surface area contributed by atoms with Gasteiger partial charge in [-0.1, -0.05) is 36.8 Å². The van der Waals surface area contributed by atoms with Crippen molar-refractivity contribution in [3.8, 4) is 10.0 Å². The van der Waals surface area contributed by atoms with Crippen molar-refractivity contribution < 1.29 is 22.8 Å². The van der Waals surface area contributed by atoms with Gasteiger partial charge in [0.25, 0.3) is 0 Å². The highest BCUT2D eigenvalue weighted by Gasteiger charge is 2.37. The van der Waals surface area contributed by atoms with Crippen molar-refractivity contribution in [3.05, 3.63) is 58.0 Å². The van der Waals surface area contributed by atoms with E-state index in [1.165, 1.54) is 22.7 Å². The molecule has 0 aliphatic rings. The van der Waals surface area contributed by atoms with Crippen LogP contribution in [0.15, 0.2) is 41.9 Å². The van der Waals surface area contributed by atoms with Crippen LogP contribution in [0.5, 0.6) is 0 Å². The molecule has 3 aromatic rings. The molecule has 2 aromatic heterocycles. The van der Waals surface area contributed by atoms with E-state index in [0.29, 0.717) is 30.0 Å². The summed E-state index contributed by atoms with van der Waals surface area (Å²) in [5, 5.41) is 3.28. The van der Waals surface area contributed by atoms with Crippen molar-refractivity contribution in [1.82, 2.24) is 9.97 Å². The Morgan fingerprint density at radius 3 is 2.37 bits per heavy atom. The second kappa shape index (κ2) is 10.1. The number of alkyl halides is 3. The average molecular weight is 453 g/mol. The van der Waals surface area contributed by atoms with Gasteiger partial charge in [-0.2, -0.15) is 13.2 Å². The van der Waals surface area contributed by atoms with Crippen molar-refractivity contribution in [1.29, 1.82) is 0 Å². The van der Waals surface area contributed by atoms with Gasteiger partial charge in [0.15, 0.2) is 15.8 Å². The van der Waals surface area contributed by atoms with Crippen LogP contribution < -0.4 is 0 Å². The lowest BCUT2D eigenvalue weighted by atomic mass is 10.0. The predicted octanol–water partition coefficient (Wildman–Crippen LogP) is 6.12. The molecule has 1 aromatic carbocycles. The highest BCUT2D eigenvalue weighted by atomic mass is 32.1. The quantitative estimate of drug-likeness (QED) is 0.275. The smallest absolute Gasteiger partial charge is 0.292 e. The maximum Gasteiger partial charge on any atom is 0.449 e. The minimum atomic E-state index is -4.78. The Bertz CT molecular complexity index is 984. The Hall–Kier alpha value is -2.39. The molecule has 0 atom stereocenters. The number of halogens is 3. The minimum absolute atomic E-state index is 0.115. The van der Waals surface area contributed by atoms with Gasteiger partial charge >= 0.3 is 6.18 Å². The van der Waals surface area contributed by atoms with Crippen molar-refractivity contribution in [2.75, 3.05) is 0 Å². The lowest BCUT2D eigenvalue weighted by Gasteiger charge is -2.05. The van der Waals surface area contributed by atoms with Gasteiger partial charge in [0.2, 0.25) is 5.78 Å². The molecule has 158 valence electrons. The van der Waals surface area contributed by atoms with Crippen LogP contribution >= 0.6 is 22.7 Å². The predicted molar refractivity (Wildman–Crippen MR) is 111 cm³/mol. The zero-order chi connectivity index (χ0) is 21.6. The number of carbonyl (C=O) groups excluding carboxylic acids is 2. The van der Waals surface area contributed by atoms with Gasteiger partial charge < -0.3 is 0 Å². The van der Waals surface area contributed by atoms with Crippen LogP contribution in [0.2, 0.25) is 0 Å². The first-order valence-electron chi connectivity index (χ1n) is 9.41. The second-order valence-corrected chi connectivity index (χ2v) is 8.67. The third-order valence-electron chi connectivity index (χ3n) is 4.41. The van der Waals surface area contributed by atoms with Gasteiger partial charge in [0.05, 0.1) is 0 Å². The van der Waals surface area contributed by atoms with Crippen LogP contribution in [0.25, 0.3) is 10.0 Å². The van der Waals surface area contributed by atoms with E-state index >= 15 is 0 Å². The highest BCUT2D eigenvalue weighted by Crippen LogP contribution is 2.32. The second-order valence-electron chi connectivity index (χ2n) is 6.70. The molecule has 30 heavy (non-hydrogen) atoms. The van der Waals surface area contributed by atoms with Crippen LogP contribution in [0.1, 0.15) is 53.0 Å². The van der Waals surface area contributed by atoms with Gasteiger partial charge in [-0.15, -0.1) is 22.7 Å². The molecule has 0 saturated carbocycles. The topological polar surface area (TPSA) is 59.9 Å². The number of hydrogen-bond acceptors (Lipinski definition) is 6. The van der Waals surface area contributed by atoms with Crippen LogP contribution in [-0.2, 0) is 11.2 Å². The fraction of sp³-hybridized carbons (Fsp3) is 0.333. The summed E-state index contributed by atoms with van der Waals surface area (Å²) in [6.45, 7) is 0. The molecule has 3 rings (SSSR count). The first kappa shape index (κ1) is 22.3. The SMILES string of the molecule is O=C(CCCCCC(=O)C(F)(F)F)c1nc(-c2nccs2)sc1Cc1ccccc1. The molecule has 9 heteroatoms. The molecule has 0 aliphatic heterocycles. The number of hydrogen-bond donors (Lipinski definition) is 0. The standard InChI is InChI=1S/C21H19F3N2O2S2/c22-21(23,24)17(28)10-6-2-5-9-15(27)18-16(13-14-7-3-1-4-8-14)30-20(26-18)19-25-11-12-29-19/h1,3-4,7-8,11-12H,2,5-6,9-10,13H2. The summed E-state index contributed by atoms with van der Waals surface area (Å²) < 4.78 is 36.7. The van der Waals surface area contributed by atoms with E-state index < -0.39 is 18.4 Å². The summed E-state index contributed by atoms with van der Waals surface area (Å²) in [7, 11) is 0. The van der Waals surface area contributed by atoms with Gasteiger partial charge in [-0.3, -0.25) is 9.59 Å². The number of rotatable bonds is 10. The average Bonchev–Trinajstić information content (AvgIpc) is 3.37. The van der Waals surface area contributed by atoms with E-state index in [2.05, 4.69) is 9.97 Å². The number of unbranched alkanes of at least 4 members (excludes halogenated alkanes) is 2. The molecule has 0 unspecified atom stereocenters. The molecule has 0 spiro atoms. The monoisotopic (exact) mass is 452 g/mol. The Balaban J connectivity index is 1.64. The minimum Gasteiger partial charge on any atom is -0.292 e. The van der Waals surface area contributed by atoms with E-state index in [0.717, 1.165) is 15.4 Å². The first-order valence-corrected chi connectivity index (χ1v) is 11.1. The summed E-state index contributed by atoms with van der Waals surface area (Å²) >= 11 is 2.88. The summed E-state index contributed by atoms with van der Waals surface area (Å²) in [5.41, 5.74) is 1.46. The molecule has 0 radical (unpaired) electrons. The Labute approximate surface area is 179 Å². The van der Waals surface area contributed by atoms with Gasteiger partial charge in [-0.25, -0.2) is 9.97 Å². The summed E-state index contributed by atoms with van der Waals surface area (Å²) in [6.07, 6.45) is -1.97. The molecule has 2 heterocycles. The Kier molecular flexibility index (Phi) is 7.49. The Morgan fingerprint density at radius 2 is 1.70 bits per heavy atom. The normalized spacial score (nSPS) is 11.6. The zero-order valence-electron chi connectivity index (χ0n) is 15.9. The number of carbonyl (C=O) groups is 2. The van der Waals surface area contributed by atoms with E-state index in [4.69, 9.17) is 0 Å². The van der Waals surface area contributed by atoms with E-state index in [9.17, 15) is 22.8 Å². The van der Waals surface area contributed by atoms with Crippen LogP contribution in [0.4, 0.5) is 13.2 Å². The lowest BCUT2D eigenvalue weighted by molar-refractivity contribution is -0.171. The fourth-order valence-corrected chi connectivity index (χ4v) is 4.69. The van der Waals surface area contributed by atoms with Crippen LogP contribution in [0, 0.1) is 0 Å². The van der Waals surface area contributed by atoms with E-state index in [1.807, 2.05) is 35.7 Å². The van der Waals surface area contributed by atoms with Crippen molar-refractivity contribution in [3.63, 3.8) is 0 Å². The molecule has 0 amide bonds. The third kappa shape index (κ3) is 6.06. The number of aromatic nitrogens is 2. The number of ketones is 2. The van der Waals surface area contributed by atoms with Crippen molar-refractivity contribution in [2.24, 2.45) is 0 Å². The zero-order valence-corrected chi connectivity index (χ0v) is 17.6. The maximum atomic E-state index is 12.8. The summed E-state index contributed by atoms with van der Waals surface area (Å²) in [6, 6.07) is 9.75. The largest absolute Gasteiger partial charge is 0.449 e. The van der Waals surface area contributed by atoms with E-state index in [1.54, 1.807) is 6.20 Å². The molecule has 4 nitrogen and oxygen atoms in total. The lowest BCUT2D eigenvalue weighted by Crippen LogP contribution is -2.22. The molecule has 0 aliphatic carbocycles.